The number of hydrogen-bond acceptors (Lipinski definition) is 3. The van der Waals surface area contributed by atoms with Gasteiger partial charge < -0.3 is 14.8 Å². The first kappa shape index (κ1) is 15.9. The molecule has 0 saturated carbocycles. The predicted octanol–water partition coefficient (Wildman–Crippen LogP) is 4.48. The van der Waals surface area contributed by atoms with Gasteiger partial charge in [0.25, 0.3) is 5.91 Å². The van der Waals surface area contributed by atoms with Crippen molar-refractivity contribution in [2.75, 3.05) is 19.5 Å². The lowest BCUT2D eigenvalue weighted by molar-refractivity contribution is 0.102. The van der Waals surface area contributed by atoms with Crippen LogP contribution < -0.4 is 14.8 Å². The zero-order chi connectivity index (χ0) is 15.4. The van der Waals surface area contributed by atoms with Crippen LogP contribution in [0.2, 0.25) is 0 Å². The van der Waals surface area contributed by atoms with Gasteiger partial charge in [0, 0.05) is 10.0 Å². The van der Waals surface area contributed by atoms with Crippen molar-refractivity contribution < 1.29 is 14.3 Å². The lowest BCUT2D eigenvalue weighted by Crippen LogP contribution is -2.12. The summed E-state index contributed by atoms with van der Waals surface area (Å²) in [5, 5.41) is 2.84. The molecule has 0 aromatic heterocycles. The first-order chi connectivity index (χ1) is 10.1. The van der Waals surface area contributed by atoms with Gasteiger partial charge in [0.2, 0.25) is 0 Å². The van der Waals surface area contributed by atoms with Crippen molar-refractivity contribution in [2.45, 2.75) is 0 Å². The molecule has 0 radical (unpaired) electrons. The highest BCUT2D eigenvalue weighted by Crippen LogP contribution is 2.36. The van der Waals surface area contributed by atoms with Crippen LogP contribution >= 0.6 is 31.9 Å². The van der Waals surface area contributed by atoms with E-state index in [1.165, 1.54) is 14.2 Å². The number of halogens is 2. The summed E-state index contributed by atoms with van der Waals surface area (Å²) in [7, 11) is 3.07. The van der Waals surface area contributed by atoms with E-state index >= 15 is 0 Å². The first-order valence-corrected chi connectivity index (χ1v) is 7.62. The zero-order valence-corrected chi connectivity index (χ0v) is 14.6. The Labute approximate surface area is 139 Å². The molecule has 0 fully saturated rings. The van der Waals surface area contributed by atoms with Gasteiger partial charge >= 0.3 is 0 Å². The molecule has 0 unspecified atom stereocenters. The van der Waals surface area contributed by atoms with Gasteiger partial charge in [0.05, 0.1) is 19.9 Å². The summed E-state index contributed by atoms with van der Waals surface area (Å²) >= 11 is 6.77. The van der Waals surface area contributed by atoms with E-state index < -0.39 is 0 Å². The van der Waals surface area contributed by atoms with Crippen molar-refractivity contribution in [2.24, 2.45) is 0 Å². The molecule has 21 heavy (non-hydrogen) atoms. The SMILES string of the molecule is COc1cc(C(=O)Nc2ccccc2Br)cc(OC)c1Br. The van der Waals surface area contributed by atoms with Crippen LogP contribution in [0.4, 0.5) is 5.69 Å². The van der Waals surface area contributed by atoms with Crippen LogP contribution in [0.3, 0.4) is 0 Å². The smallest absolute Gasteiger partial charge is 0.255 e. The second-order valence-corrected chi connectivity index (χ2v) is 5.78. The second kappa shape index (κ2) is 6.95. The van der Waals surface area contributed by atoms with Crippen molar-refractivity contribution in [3.63, 3.8) is 0 Å². The molecule has 1 amide bonds. The molecule has 0 aliphatic rings. The van der Waals surface area contributed by atoms with Crippen LogP contribution in [0.25, 0.3) is 0 Å². The van der Waals surface area contributed by atoms with Gasteiger partial charge in [-0.1, -0.05) is 12.1 Å². The summed E-state index contributed by atoms with van der Waals surface area (Å²) in [5.41, 5.74) is 1.14. The van der Waals surface area contributed by atoms with Crippen LogP contribution in [0.1, 0.15) is 10.4 Å². The first-order valence-electron chi connectivity index (χ1n) is 6.04. The Hall–Kier alpha value is -1.53. The van der Waals surface area contributed by atoms with E-state index in [2.05, 4.69) is 37.2 Å². The number of carbonyl (C=O) groups excluding carboxylic acids is 1. The van der Waals surface area contributed by atoms with E-state index in [4.69, 9.17) is 9.47 Å². The quantitative estimate of drug-likeness (QED) is 0.802. The topological polar surface area (TPSA) is 47.6 Å². The molecule has 0 aliphatic heterocycles. The van der Waals surface area contributed by atoms with E-state index in [0.717, 1.165) is 4.47 Å². The van der Waals surface area contributed by atoms with Crippen molar-refractivity contribution in [3.05, 3.63) is 50.9 Å². The Morgan fingerprint density at radius 1 is 1.05 bits per heavy atom. The summed E-state index contributed by atoms with van der Waals surface area (Å²) < 4.78 is 12.0. The molecular weight excluding hydrogens is 402 g/mol. The molecule has 2 rings (SSSR count). The number of amides is 1. The fraction of sp³-hybridized carbons (Fsp3) is 0.133. The van der Waals surface area contributed by atoms with Crippen molar-refractivity contribution in [1.29, 1.82) is 0 Å². The Morgan fingerprint density at radius 3 is 2.14 bits per heavy atom. The zero-order valence-electron chi connectivity index (χ0n) is 11.4. The van der Waals surface area contributed by atoms with Gasteiger partial charge in [-0.05, 0) is 56.1 Å². The summed E-state index contributed by atoms with van der Waals surface area (Å²) in [6, 6.07) is 10.7. The number of hydrogen-bond donors (Lipinski definition) is 1. The molecule has 0 spiro atoms. The maximum Gasteiger partial charge on any atom is 0.255 e. The Morgan fingerprint density at radius 2 is 1.62 bits per heavy atom. The van der Waals surface area contributed by atoms with Crippen molar-refractivity contribution in [3.8, 4) is 11.5 Å². The molecule has 0 aliphatic carbocycles. The molecule has 4 nitrogen and oxygen atoms in total. The highest BCUT2D eigenvalue weighted by atomic mass is 79.9. The van der Waals surface area contributed by atoms with Crippen LogP contribution in [0.15, 0.2) is 45.3 Å². The lowest BCUT2D eigenvalue weighted by Gasteiger charge is -2.12. The van der Waals surface area contributed by atoms with Gasteiger partial charge in [-0.15, -0.1) is 0 Å². The average molecular weight is 415 g/mol. The van der Waals surface area contributed by atoms with E-state index in [9.17, 15) is 4.79 Å². The normalized spacial score (nSPS) is 10.1. The number of anilines is 1. The molecule has 0 atom stereocenters. The monoisotopic (exact) mass is 413 g/mol. The van der Waals surface area contributed by atoms with Crippen LogP contribution in [-0.2, 0) is 0 Å². The maximum absolute atomic E-state index is 12.4. The Bertz CT molecular complexity index is 649. The van der Waals surface area contributed by atoms with Gasteiger partial charge in [0.1, 0.15) is 16.0 Å². The number of methoxy groups -OCH3 is 2. The minimum Gasteiger partial charge on any atom is -0.495 e. The summed E-state index contributed by atoms with van der Waals surface area (Å²) in [5.74, 6) is 0.823. The lowest BCUT2D eigenvalue weighted by atomic mass is 10.1. The summed E-state index contributed by atoms with van der Waals surface area (Å²) in [6.07, 6.45) is 0. The van der Waals surface area contributed by atoms with Gasteiger partial charge in [-0.3, -0.25) is 4.79 Å². The third kappa shape index (κ3) is 3.57. The van der Waals surface area contributed by atoms with E-state index in [0.29, 0.717) is 27.2 Å². The number of rotatable bonds is 4. The Kier molecular flexibility index (Phi) is 5.25. The standard InChI is InChI=1S/C15H13Br2NO3/c1-20-12-7-9(8-13(21-2)14(12)17)15(19)18-11-6-4-3-5-10(11)16/h3-8H,1-2H3,(H,18,19). The fourth-order valence-corrected chi connectivity index (χ4v) is 2.69. The van der Waals surface area contributed by atoms with E-state index in [-0.39, 0.29) is 5.91 Å². The fourth-order valence-electron chi connectivity index (χ4n) is 1.76. The molecule has 6 heteroatoms. The molecule has 0 bridgehead atoms. The van der Waals surface area contributed by atoms with Gasteiger partial charge in [-0.2, -0.15) is 0 Å². The van der Waals surface area contributed by atoms with Crippen molar-refractivity contribution in [1.82, 2.24) is 0 Å². The number of para-hydroxylation sites is 1. The molecule has 110 valence electrons. The van der Waals surface area contributed by atoms with Gasteiger partial charge in [0.15, 0.2) is 0 Å². The van der Waals surface area contributed by atoms with Crippen molar-refractivity contribution >= 4 is 43.5 Å². The number of benzene rings is 2. The largest absolute Gasteiger partial charge is 0.495 e. The molecule has 1 N–H and O–H groups in total. The molecule has 0 heterocycles. The third-order valence-corrected chi connectivity index (χ3v) is 4.30. The summed E-state index contributed by atoms with van der Waals surface area (Å²) in [4.78, 5) is 12.4. The maximum atomic E-state index is 12.4. The highest BCUT2D eigenvalue weighted by molar-refractivity contribution is 9.11. The molecule has 2 aromatic rings. The molecule has 0 saturated heterocycles. The number of nitrogens with one attached hydrogen (secondary N) is 1. The number of carbonyl (C=O) groups is 1. The predicted molar refractivity (Wildman–Crippen MR) is 89.3 cm³/mol. The third-order valence-electron chi connectivity index (χ3n) is 2.83. The highest BCUT2D eigenvalue weighted by Gasteiger charge is 2.15. The minimum absolute atomic E-state index is 0.244. The molecular formula is C15H13Br2NO3. The van der Waals surface area contributed by atoms with E-state index in [1.807, 2.05) is 24.3 Å². The number of ether oxygens (including phenoxy) is 2. The average Bonchev–Trinajstić information content (AvgIpc) is 2.49. The Balaban J connectivity index is 2.33. The van der Waals surface area contributed by atoms with Gasteiger partial charge in [-0.25, -0.2) is 0 Å². The molecule has 2 aromatic carbocycles. The second-order valence-electron chi connectivity index (χ2n) is 4.13. The van der Waals surface area contributed by atoms with E-state index in [1.54, 1.807) is 12.1 Å². The van der Waals surface area contributed by atoms with Crippen LogP contribution in [0, 0.1) is 0 Å². The van der Waals surface area contributed by atoms with Crippen LogP contribution in [-0.4, -0.2) is 20.1 Å². The summed E-state index contributed by atoms with van der Waals surface area (Å²) in [6.45, 7) is 0. The minimum atomic E-state index is -0.244. The van der Waals surface area contributed by atoms with Crippen LogP contribution in [0.5, 0.6) is 11.5 Å².